The number of rotatable bonds is 4. The molecule has 0 radical (unpaired) electrons. The molecule has 1 unspecified atom stereocenters. The van der Waals surface area contributed by atoms with Crippen LogP contribution in [-0.2, 0) is 6.42 Å². The molecular formula is C14H22N2OS. The van der Waals surface area contributed by atoms with Crippen LogP contribution in [-0.4, -0.2) is 29.9 Å². The molecule has 1 aromatic heterocycles. The number of nitrogens with two attached hydrogens (primary N) is 1. The normalized spacial score (nSPS) is 20.1. The summed E-state index contributed by atoms with van der Waals surface area (Å²) in [6.45, 7) is 3.66. The van der Waals surface area contributed by atoms with E-state index in [0.717, 1.165) is 37.1 Å². The van der Waals surface area contributed by atoms with Gasteiger partial charge in [0, 0.05) is 12.6 Å². The maximum Gasteiger partial charge on any atom is 0.264 e. The molecule has 2 rings (SSSR count). The van der Waals surface area contributed by atoms with Crippen molar-refractivity contribution in [2.45, 2.75) is 45.1 Å². The van der Waals surface area contributed by atoms with Crippen LogP contribution >= 0.6 is 11.3 Å². The highest BCUT2D eigenvalue weighted by Gasteiger charge is 2.28. The lowest BCUT2D eigenvalue weighted by molar-refractivity contribution is 0.0609. The summed E-state index contributed by atoms with van der Waals surface area (Å²) in [7, 11) is 0. The molecule has 3 nitrogen and oxygen atoms in total. The fraction of sp³-hybridized carbons (Fsp3) is 0.643. The average Bonchev–Trinajstić information content (AvgIpc) is 2.87. The van der Waals surface area contributed by atoms with E-state index in [0.29, 0.717) is 12.6 Å². The minimum absolute atomic E-state index is 0.222. The maximum atomic E-state index is 12.6. The summed E-state index contributed by atoms with van der Waals surface area (Å²) in [4.78, 5) is 15.6. The fourth-order valence-electron chi connectivity index (χ4n) is 2.69. The molecule has 1 fully saturated rings. The van der Waals surface area contributed by atoms with Gasteiger partial charge in [0.05, 0.1) is 4.88 Å². The van der Waals surface area contributed by atoms with Gasteiger partial charge in [0.25, 0.3) is 5.91 Å². The Morgan fingerprint density at radius 3 is 3.11 bits per heavy atom. The molecule has 2 heterocycles. The molecule has 1 saturated heterocycles. The van der Waals surface area contributed by atoms with Gasteiger partial charge in [0.1, 0.15) is 0 Å². The largest absolute Gasteiger partial charge is 0.335 e. The third-order valence-corrected chi connectivity index (χ3v) is 4.65. The van der Waals surface area contributed by atoms with E-state index < -0.39 is 0 Å². The maximum absolute atomic E-state index is 12.6. The summed E-state index contributed by atoms with van der Waals surface area (Å²) >= 11 is 1.57. The van der Waals surface area contributed by atoms with E-state index in [9.17, 15) is 4.79 Å². The van der Waals surface area contributed by atoms with E-state index in [1.54, 1.807) is 11.3 Å². The van der Waals surface area contributed by atoms with Gasteiger partial charge in [0.15, 0.2) is 0 Å². The minimum Gasteiger partial charge on any atom is -0.335 e. The van der Waals surface area contributed by atoms with Crippen molar-refractivity contribution in [2.75, 3.05) is 13.1 Å². The zero-order valence-electron chi connectivity index (χ0n) is 11.0. The van der Waals surface area contributed by atoms with Crippen LogP contribution in [0.4, 0.5) is 0 Å². The highest BCUT2D eigenvalue weighted by Crippen LogP contribution is 2.25. The Labute approximate surface area is 113 Å². The zero-order valence-corrected chi connectivity index (χ0v) is 11.8. The molecule has 1 aliphatic heterocycles. The van der Waals surface area contributed by atoms with Gasteiger partial charge >= 0.3 is 0 Å². The first kappa shape index (κ1) is 13.6. The lowest BCUT2D eigenvalue weighted by atomic mass is 9.98. The molecule has 2 N–H and O–H groups in total. The van der Waals surface area contributed by atoms with Crippen molar-refractivity contribution in [1.82, 2.24) is 4.90 Å². The van der Waals surface area contributed by atoms with Crippen molar-refractivity contribution in [3.63, 3.8) is 0 Å². The number of hydrogen-bond acceptors (Lipinski definition) is 3. The molecule has 1 atom stereocenters. The van der Waals surface area contributed by atoms with Crippen LogP contribution in [0.5, 0.6) is 0 Å². The number of hydrogen-bond donors (Lipinski definition) is 1. The lowest BCUT2D eigenvalue weighted by Crippen LogP contribution is -2.44. The summed E-state index contributed by atoms with van der Waals surface area (Å²) in [6.07, 6.45) is 5.31. The van der Waals surface area contributed by atoms with Crippen molar-refractivity contribution < 1.29 is 4.79 Å². The number of carbonyl (C=O) groups is 1. The van der Waals surface area contributed by atoms with E-state index in [1.807, 2.05) is 5.38 Å². The molecule has 1 aliphatic rings. The van der Waals surface area contributed by atoms with Crippen LogP contribution in [0.1, 0.15) is 47.8 Å². The number of aryl methyl sites for hydroxylation is 1. The summed E-state index contributed by atoms with van der Waals surface area (Å²) in [5.74, 6) is 0.222. The van der Waals surface area contributed by atoms with Crippen molar-refractivity contribution in [3.8, 4) is 0 Å². The topological polar surface area (TPSA) is 46.3 Å². The second-order valence-corrected chi connectivity index (χ2v) is 5.77. The highest BCUT2D eigenvalue weighted by atomic mass is 32.1. The number of piperidine rings is 1. The summed E-state index contributed by atoms with van der Waals surface area (Å²) in [6, 6.07) is 2.42. The van der Waals surface area contributed by atoms with E-state index in [-0.39, 0.29) is 5.91 Å². The molecular weight excluding hydrogens is 244 g/mol. The van der Waals surface area contributed by atoms with Gasteiger partial charge in [0.2, 0.25) is 0 Å². The van der Waals surface area contributed by atoms with Crippen LogP contribution in [0.3, 0.4) is 0 Å². The third-order valence-electron chi connectivity index (χ3n) is 3.71. The second-order valence-electron chi connectivity index (χ2n) is 4.85. The average molecular weight is 266 g/mol. The Bertz CT molecular complexity index is 400. The lowest BCUT2D eigenvalue weighted by Gasteiger charge is -2.35. The van der Waals surface area contributed by atoms with Crippen LogP contribution < -0.4 is 5.73 Å². The van der Waals surface area contributed by atoms with E-state index in [2.05, 4.69) is 17.9 Å². The number of thiophene rings is 1. The Morgan fingerprint density at radius 2 is 2.39 bits per heavy atom. The van der Waals surface area contributed by atoms with Crippen LogP contribution in [0.25, 0.3) is 0 Å². The molecule has 0 saturated carbocycles. The molecule has 1 amide bonds. The first-order valence-corrected chi connectivity index (χ1v) is 7.73. The summed E-state index contributed by atoms with van der Waals surface area (Å²) in [5, 5.41) is 2.02. The van der Waals surface area contributed by atoms with Gasteiger partial charge in [-0.2, -0.15) is 0 Å². The SMILES string of the molecule is CCc1ccsc1C(=O)N1CCCCC1CCN. The van der Waals surface area contributed by atoms with Gasteiger partial charge in [-0.25, -0.2) is 0 Å². The predicted molar refractivity (Wildman–Crippen MR) is 76.0 cm³/mol. The Morgan fingerprint density at radius 1 is 1.56 bits per heavy atom. The Kier molecular flexibility index (Phi) is 4.78. The Balaban J connectivity index is 2.15. The van der Waals surface area contributed by atoms with Crippen LogP contribution in [0.2, 0.25) is 0 Å². The van der Waals surface area contributed by atoms with E-state index in [4.69, 9.17) is 5.73 Å². The first-order chi connectivity index (χ1) is 8.77. The van der Waals surface area contributed by atoms with Crippen molar-refractivity contribution >= 4 is 17.2 Å². The van der Waals surface area contributed by atoms with E-state index in [1.165, 1.54) is 12.0 Å². The standard InChI is InChI=1S/C14H22N2OS/c1-2-11-7-10-18-13(11)14(17)16-9-4-3-5-12(16)6-8-15/h7,10,12H,2-6,8-9,15H2,1H3. The van der Waals surface area contributed by atoms with E-state index >= 15 is 0 Å². The van der Waals surface area contributed by atoms with Crippen molar-refractivity contribution in [1.29, 1.82) is 0 Å². The van der Waals surface area contributed by atoms with Crippen molar-refractivity contribution in [3.05, 3.63) is 21.9 Å². The molecule has 0 aromatic carbocycles. The fourth-order valence-corrected chi connectivity index (χ4v) is 3.64. The molecule has 0 aliphatic carbocycles. The minimum atomic E-state index is 0.222. The smallest absolute Gasteiger partial charge is 0.264 e. The number of likely N-dealkylation sites (tertiary alicyclic amines) is 1. The predicted octanol–water partition coefficient (Wildman–Crippen LogP) is 2.65. The number of amides is 1. The first-order valence-electron chi connectivity index (χ1n) is 6.85. The highest BCUT2D eigenvalue weighted by molar-refractivity contribution is 7.12. The Hall–Kier alpha value is -0.870. The molecule has 0 spiro atoms. The van der Waals surface area contributed by atoms with Gasteiger partial charge in [-0.1, -0.05) is 6.92 Å². The molecule has 0 bridgehead atoms. The number of carbonyl (C=O) groups excluding carboxylic acids is 1. The second kappa shape index (κ2) is 6.34. The summed E-state index contributed by atoms with van der Waals surface area (Å²) in [5.41, 5.74) is 6.84. The molecule has 4 heteroatoms. The van der Waals surface area contributed by atoms with Crippen LogP contribution in [0.15, 0.2) is 11.4 Å². The quantitative estimate of drug-likeness (QED) is 0.910. The van der Waals surface area contributed by atoms with Gasteiger partial charge < -0.3 is 10.6 Å². The third kappa shape index (κ3) is 2.75. The van der Waals surface area contributed by atoms with Gasteiger partial charge in [-0.3, -0.25) is 4.79 Å². The molecule has 100 valence electrons. The summed E-state index contributed by atoms with van der Waals surface area (Å²) < 4.78 is 0. The molecule has 1 aromatic rings. The van der Waals surface area contributed by atoms with Gasteiger partial charge in [-0.05, 0) is 55.7 Å². The van der Waals surface area contributed by atoms with Crippen molar-refractivity contribution in [2.24, 2.45) is 5.73 Å². The molecule has 18 heavy (non-hydrogen) atoms. The zero-order chi connectivity index (χ0) is 13.0. The van der Waals surface area contributed by atoms with Crippen LogP contribution in [0, 0.1) is 0 Å². The number of nitrogens with zero attached hydrogens (tertiary/aromatic N) is 1. The van der Waals surface area contributed by atoms with Gasteiger partial charge in [-0.15, -0.1) is 11.3 Å². The monoisotopic (exact) mass is 266 g/mol.